The molecule has 0 atom stereocenters. The van der Waals surface area contributed by atoms with Crippen LogP contribution in [0.5, 0.6) is 0 Å². The SMILES string of the molecule is C(=NNc1ccccc1)c1cccc(-c2cnc[nH]2)c1. The standard InChI is InChI=1S/C16H14N4/c1-2-7-15(8-3-1)20-19-10-13-5-4-6-14(9-13)16-11-17-12-18-16/h1-12,20H,(H,17,18). The summed E-state index contributed by atoms with van der Waals surface area (Å²) in [5.74, 6) is 0. The van der Waals surface area contributed by atoms with Gasteiger partial charge in [0, 0.05) is 5.56 Å². The van der Waals surface area contributed by atoms with Crippen LogP contribution in [-0.2, 0) is 0 Å². The first-order valence-electron chi connectivity index (χ1n) is 6.35. The molecule has 1 aromatic heterocycles. The Balaban J connectivity index is 1.73. The van der Waals surface area contributed by atoms with Crippen LogP contribution in [0.1, 0.15) is 5.56 Å². The minimum Gasteiger partial charge on any atom is -0.345 e. The molecule has 0 aliphatic carbocycles. The van der Waals surface area contributed by atoms with E-state index in [4.69, 9.17) is 0 Å². The first kappa shape index (κ1) is 12.2. The molecule has 0 fully saturated rings. The Morgan fingerprint density at radius 3 is 2.75 bits per heavy atom. The molecule has 0 aliphatic rings. The number of imidazole rings is 1. The lowest BCUT2D eigenvalue weighted by molar-refractivity contribution is 1.31. The predicted octanol–water partition coefficient (Wildman–Crippen LogP) is 3.52. The molecule has 1 heterocycles. The highest BCUT2D eigenvalue weighted by Gasteiger charge is 1.98. The van der Waals surface area contributed by atoms with Gasteiger partial charge in [-0.05, 0) is 23.8 Å². The lowest BCUT2D eigenvalue weighted by atomic mass is 10.1. The summed E-state index contributed by atoms with van der Waals surface area (Å²) < 4.78 is 0. The largest absolute Gasteiger partial charge is 0.345 e. The molecular formula is C16H14N4. The third-order valence-electron chi connectivity index (χ3n) is 2.88. The van der Waals surface area contributed by atoms with Crippen LogP contribution in [0, 0.1) is 0 Å². The second-order valence-corrected chi connectivity index (χ2v) is 4.33. The Bertz CT molecular complexity index is 688. The number of nitrogens with one attached hydrogen (secondary N) is 2. The molecule has 3 aromatic rings. The molecule has 0 saturated heterocycles. The van der Waals surface area contributed by atoms with Crippen molar-refractivity contribution in [3.63, 3.8) is 0 Å². The van der Waals surface area contributed by atoms with E-state index in [9.17, 15) is 0 Å². The van der Waals surface area contributed by atoms with Crippen molar-refractivity contribution in [3.05, 3.63) is 72.7 Å². The van der Waals surface area contributed by atoms with Crippen molar-refractivity contribution >= 4 is 11.9 Å². The van der Waals surface area contributed by atoms with Gasteiger partial charge in [0.2, 0.25) is 0 Å². The highest BCUT2D eigenvalue weighted by Crippen LogP contribution is 2.16. The van der Waals surface area contributed by atoms with E-state index in [-0.39, 0.29) is 0 Å². The lowest BCUT2D eigenvalue weighted by Crippen LogP contribution is -1.90. The van der Waals surface area contributed by atoms with E-state index >= 15 is 0 Å². The van der Waals surface area contributed by atoms with Crippen molar-refractivity contribution in [1.29, 1.82) is 0 Å². The quantitative estimate of drug-likeness (QED) is 0.558. The fourth-order valence-electron chi connectivity index (χ4n) is 1.89. The van der Waals surface area contributed by atoms with Gasteiger partial charge in [0.05, 0.1) is 30.1 Å². The topological polar surface area (TPSA) is 53.1 Å². The molecule has 3 rings (SSSR count). The molecule has 0 aliphatic heterocycles. The number of aromatic amines is 1. The molecule has 4 heteroatoms. The number of anilines is 1. The molecule has 0 bridgehead atoms. The molecule has 0 radical (unpaired) electrons. The van der Waals surface area contributed by atoms with Gasteiger partial charge in [-0.15, -0.1) is 0 Å². The smallest absolute Gasteiger partial charge is 0.0924 e. The van der Waals surface area contributed by atoms with Crippen LogP contribution in [0.3, 0.4) is 0 Å². The Morgan fingerprint density at radius 2 is 1.95 bits per heavy atom. The number of rotatable bonds is 4. The fourth-order valence-corrected chi connectivity index (χ4v) is 1.89. The van der Waals surface area contributed by atoms with Crippen molar-refractivity contribution in [2.24, 2.45) is 5.10 Å². The van der Waals surface area contributed by atoms with Crippen LogP contribution in [0.2, 0.25) is 0 Å². The normalized spacial score (nSPS) is 10.8. The van der Waals surface area contributed by atoms with Gasteiger partial charge in [-0.3, -0.25) is 5.43 Å². The Kier molecular flexibility index (Phi) is 3.55. The summed E-state index contributed by atoms with van der Waals surface area (Å²) in [6.07, 6.45) is 5.28. The van der Waals surface area contributed by atoms with E-state index in [0.717, 1.165) is 22.5 Å². The van der Waals surface area contributed by atoms with Gasteiger partial charge in [0.1, 0.15) is 0 Å². The van der Waals surface area contributed by atoms with Gasteiger partial charge in [0.25, 0.3) is 0 Å². The van der Waals surface area contributed by atoms with Crippen LogP contribution in [0.15, 0.2) is 72.2 Å². The van der Waals surface area contributed by atoms with Gasteiger partial charge in [-0.2, -0.15) is 5.10 Å². The lowest BCUT2D eigenvalue weighted by Gasteiger charge is -2.00. The molecule has 0 spiro atoms. The molecule has 2 aromatic carbocycles. The minimum atomic E-state index is 0.966. The van der Waals surface area contributed by atoms with Crippen LogP contribution in [-0.4, -0.2) is 16.2 Å². The third kappa shape index (κ3) is 2.92. The average molecular weight is 262 g/mol. The maximum Gasteiger partial charge on any atom is 0.0924 e. The molecule has 2 N–H and O–H groups in total. The zero-order valence-corrected chi connectivity index (χ0v) is 10.8. The maximum absolute atomic E-state index is 4.23. The summed E-state index contributed by atoms with van der Waals surface area (Å²) >= 11 is 0. The summed E-state index contributed by atoms with van der Waals surface area (Å²) in [6, 6.07) is 18.0. The fraction of sp³-hybridized carbons (Fsp3) is 0. The number of aromatic nitrogens is 2. The molecule has 98 valence electrons. The van der Waals surface area contributed by atoms with Crippen LogP contribution in [0.25, 0.3) is 11.3 Å². The number of hydrazone groups is 1. The number of benzene rings is 2. The average Bonchev–Trinajstić information content (AvgIpc) is 3.03. The van der Waals surface area contributed by atoms with Crippen molar-refractivity contribution in [3.8, 4) is 11.3 Å². The van der Waals surface area contributed by atoms with Crippen molar-refractivity contribution in [2.75, 3.05) is 5.43 Å². The summed E-state index contributed by atoms with van der Waals surface area (Å²) in [6.45, 7) is 0. The van der Waals surface area contributed by atoms with E-state index in [1.54, 1.807) is 18.7 Å². The van der Waals surface area contributed by atoms with Crippen molar-refractivity contribution in [1.82, 2.24) is 9.97 Å². The summed E-state index contributed by atoms with van der Waals surface area (Å²) in [5, 5.41) is 4.23. The summed E-state index contributed by atoms with van der Waals surface area (Å²) in [4.78, 5) is 7.12. The number of para-hydroxylation sites is 1. The Morgan fingerprint density at radius 1 is 1.05 bits per heavy atom. The first-order chi connectivity index (χ1) is 9.92. The number of hydrogen-bond acceptors (Lipinski definition) is 3. The van der Waals surface area contributed by atoms with Crippen LogP contribution in [0.4, 0.5) is 5.69 Å². The van der Waals surface area contributed by atoms with Gasteiger partial charge in [-0.25, -0.2) is 4.98 Å². The van der Waals surface area contributed by atoms with Crippen molar-refractivity contribution in [2.45, 2.75) is 0 Å². The Labute approximate surface area is 117 Å². The van der Waals surface area contributed by atoms with Gasteiger partial charge in [0.15, 0.2) is 0 Å². The zero-order chi connectivity index (χ0) is 13.6. The molecule has 4 nitrogen and oxygen atoms in total. The molecule has 0 amide bonds. The van der Waals surface area contributed by atoms with Gasteiger partial charge < -0.3 is 4.98 Å². The second-order valence-electron chi connectivity index (χ2n) is 4.33. The highest BCUT2D eigenvalue weighted by molar-refractivity contribution is 5.82. The number of H-pyrrole nitrogens is 1. The molecule has 0 unspecified atom stereocenters. The zero-order valence-electron chi connectivity index (χ0n) is 10.8. The molecule has 0 saturated carbocycles. The molecular weight excluding hydrogens is 248 g/mol. The van der Waals surface area contributed by atoms with Gasteiger partial charge >= 0.3 is 0 Å². The summed E-state index contributed by atoms with van der Waals surface area (Å²) in [5.41, 5.74) is 7.08. The monoisotopic (exact) mass is 262 g/mol. The third-order valence-corrected chi connectivity index (χ3v) is 2.88. The van der Waals surface area contributed by atoms with E-state index in [2.05, 4.69) is 26.6 Å². The van der Waals surface area contributed by atoms with Crippen LogP contribution < -0.4 is 5.43 Å². The van der Waals surface area contributed by atoms with Crippen LogP contribution >= 0.6 is 0 Å². The maximum atomic E-state index is 4.23. The van der Waals surface area contributed by atoms with E-state index < -0.39 is 0 Å². The number of hydrogen-bond donors (Lipinski definition) is 2. The van der Waals surface area contributed by atoms with E-state index in [1.165, 1.54) is 0 Å². The second kappa shape index (κ2) is 5.84. The highest BCUT2D eigenvalue weighted by atomic mass is 15.3. The number of nitrogens with zero attached hydrogens (tertiary/aromatic N) is 2. The molecule has 20 heavy (non-hydrogen) atoms. The summed E-state index contributed by atoms with van der Waals surface area (Å²) in [7, 11) is 0. The van der Waals surface area contributed by atoms with E-state index in [0.29, 0.717) is 0 Å². The van der Waals surface area contributed by atoms with Gasteiger partial charge in [-0.1, -0.05) is 36.4 Å². The minimum absolute atomic E-state index is 0.966. The predicted molar refractivity (Wildman–Crippen MR) is 81.7 cm³/mol. The van der Waals surface area contributed by atoms with Crippen molar-refractivity contribution < 1.29 is 0 Å². The Hall–Kier alpha value is -2.88. The first-order valence-corrected chi connectivity index (χ1v) is 6.35. The van der Waals surface area contributed by atoms with E-state index in [1.807, 2.05) is 48.5 Å².